The number of nitrogens with zero attached hydrogens (tertiary/aromatic N) is 4. The number of rotatable bonds is 4. The fourth-order valence-electron chi connectivity index (χ4n) is 2.79. The first-order chi connectivity index (χ1) is 12.3. The molecule has 4 rings (SSSR count). The van der Waals surface area contributed by atoms with Crippen LogP contribution in [0.4, 0.5) is 0 Å². The lowest BCUT2D eigenvalue weighted by Gasteiger charge is -2.15. The van der Waals surface area contributed by atoms with Crippen molar-refractivity contribution < 1.29 is 14.1 Å². The van der Waals surface area contributed by atoms with Gasteiger partial charge in [-0.3, -0.25) is 9.78 Å². The molecule has 7 nitrogen and oxygen atoms in total. The molecule has 0 aliphatic carbocycles. The summed E-state index contributed by atoms with van der Waals surface area (Å²) in [5.41, 5.74) is 1.13. The molecule has 0 saturated carbocycles. The summed E-state index contributed by atoms with van der Waals surface area (Å²) in [5.74, 6) is 0.964. The maximum absolute atomic E-state index is 12.6. The maximum atomic E-state index is 12.6. The van der Waals surface area contributed by atoms with Crippen LogP contribution in [0.15, 0.2) is 59.5 Å². The third-order valence-corrected chi connectivity index (χ3v) is 4.05. The molecule has 0 spiro atoms. The molecule has 126 valence electrons. The predicted octanol–water partition coefficient (Wildman–Crippen LogP) is 2.43. The van der Waals surface area contributed by atoms with Crippen molar-refractivity contribution in [1.82, 2.24) is 20.0 Å². The van der Waals surface area contributed by atoms with Crippen molar-refractivity contribution in [3.63, 3.8) is 0 Å². The van der Waals surface area contributed by atoms with Gasteiger partial charge in [-0.05, 0) is 18.2 Å². The lowest BCUT2D eigenvalue weighted by atomic mass is 10.2. The van der Waals surface area contributed by atoms with Crippen molar-refractivity contribution in [1.29, 1.82) is 0 Å². The minimum absolute atomic E-state index is 0.0644. The van der Waals surface area contributed by atoms with Gasteiger partial charge in [-0.25, -0.2) is 4.98 Å². The van der Waals surface area contributed by atoms with Gasteiger partial charge in [0, 0.05) is 49.3 Å². The topological polar surface area (TPSA) is 81.4 Å². The molecule has 0 bridgehead atoms. The highest BCUT2D eigenvalue weighted by Gasteiger charge is 2.30. The van der Waals surface area contributed by atoms with Gasteiger partial charge in [-0.15, -0.1) is 0 Å². The smallest absolute Gasteiger partial charge is 0.276 e. The van der Waals surface area contributed by atoms with Crippen molar-refractivity contribution in [2.24, 2.45) is 0 Å². The number of hydrogen-bond acceptors (Lipinski definition) is 6. The van der Waals surface area contributed by atoms with E-state index in [2.05, 4.69) is 15.1 Å². The van der Waals surface area contributed by atoms with Gasteiger partial charge in [0.1, 0.15) is 6.10 Å². The van der Waals surface area contributed by atoms with Crippen LogP contribution in [0.25, 0.3) is 11.3 Å². The largest absolute Gasteiger partial charge is 0.472 e. The van der Waals surface area contributed by atoms with E-state index in [0.29, 0.717) is 30.4 Å². The zero-order valence-electron chi connectivity index (χ0n) is 13.4. The molecular formula is C18H16N4O3. The SMILES string of the molecule is O=C(c1cc(-c2ccncc2)on1)N1CCC(Oc2ccccn2)C1. The highest BCUT2D eigenvalue weighted by atomic mass is 16.5. The third-order valence-electron chi connectivity index (χ3n) is 4.05. The summed E-state index contributed by atoms with van der Waals surface area (Å²) >= 11 is 0. The van der Waals surface area contributed by atoms with Gasteiger partial charge in [-0.1, -0.05) is 11.2 Å². The second-order valence-corrected chi connectivity index (χ2v) is 5.76. The van der Waals surface area contributed by atoms with Crippen LogP contribution in [-0.2, 0) is 0 Å². The molecule has 3 aromatic rings. The van der Waals surface area contributed by atoms with Crippen molar-refractivity contribution in [2.75, 3.05) is 13.1 Å². The lowest BCUT2D eigenvalue weighted by molar-refractivity contribution is 0.0761. The number of pyridine rings is 2. The molecule has 0 N–H and O–H groups in total. The fourth-order valence-corrected chi connectivity index (χ4v) is 2.79. The lowest BCUT2D eigenvalue weighted by Crippen LogP contribution is -2.31. The average Bonchev–Trinajstić information content (AvgIpc) is 3.33. The molecule has 1 saturated heterocycles. The molecule has 7 heteroatoms. The van der Waals surface area contributed by atoms with Crippen LogP contribution in [0, 0.1) is 0 Å². The Hall–Kier alpha value is -3.22. The van der Waals surface area contributed by atoms with Crippen LogP contribution in [-0.4, -0.2) is 45.1 Å². The van der Waals surface area contributed by atoms with Gasteiger partial charge in [-0.2, -0.15) is 0 Å². The normalized spacial score (nSPS) is 16.8. The number of amides is 1. The second-order valence-electron chi connectivity index (χ2n) is 5.76. The number of carbonyl (C=O) groups excluding carboxylic acids is 1. The van der Waals surface area contributed by atoms with E-state index < -0.39 is 0 Å². The van der Waals surface area contributed by atoms with Gasteiger partial charge in [0.2, 0.25) is 5.88 Å². The first kappa shape index (κ1) is 15.3. The molecule has 4 heterocycles. The van der Waals surface area contributed by atoms with Crippen molar-refractivity contribution in [2.45, 2.75) is 12.5 Å². The molecule has 1 fully saturated rings. The van der Waals surface area contributed by atoms with Gasteiger partial charge in [0.05, 0.1) is 6.54 Å². The Morgan fingerprint density at radius 1 is 1.20 bits per heavy atom. The Balaban J connectivity index is 1.41. The quantitative estimate of drug-likeness (QED) is 0.728. The minimum Gasteiger partial charge on any atom is -0.472 e. The Morgan fingerprint density at radius 2 is 2.08 bits per heavy atom. The minimum atomic E-state index is -0.156. The summed E-state index contributed by atoms with van der Waals surface area (Å²) in [4.78, 5) is 22.4. The molecule has 1 aliphatic rings. The zero-order chi connectivity index (χ0) is 17.1. The molecule has 0 aromatic carbocycles. The van der Waals surface area contributed by atoms with Gasteiger partial charge < -0.3 is 14.2 Å². The summed E-state index contributed by atoms with van der Waals surface area (Å²) in [6, 6.07) is 10.8. The molecule has 3 aromatic heterocycles. The number of hydrogen-bond donors (Lipinski definition) is 0. The van der Waals surface area contributed by atoms with Crippen LogP contribution >= 0.6 is 0 Å². The number of aromatic nitrogens is 3. The highest BCUT2D eigenvalue weighted by molar-refractivity contribution is 5.93. The van der Waals surface area contributed by atoms with E-state index in [4.69, 9.17) is 9.26 Å². The number of carbonyl (C=O) groups is 1. The van der Waals surface area contributed by atoms with E-state index in [0.717, 1.165) is 12.0 Å². The molecule has 25 heavy (non-hydrogen) atoms. The van der Waals surface area contributed by atoms with Crippen LogP contribution in [0.1, 0.15) is 16.9 Å². The van der Waals surface area contributed by atoms with Gasteiger partial charge in [0.15, 0.2) is 11.5 Å². The molecule has 0 radical (unpaired) electrons. The average molecular weight is 336 g/mol. The van der Waals surface area contributed by atoms with E-state index in [9.17, 15) is 4.79 Å². The van der Waals surface area contributed by atoms with Crippen LogP contribution in [0.2, 0.25) is 0 Å². The standard InChI is InChI=1S/C18H16N4O3/c23-18(15-11-16(25-21-15)13-4-8-19-9-5-13)22-10-6-14(12-22)24-17-3-1-2-7-20-17/h1-5,7-9,11,14H,6,10,12H2. The van der Waals surface area contributed by atoms with Crippen molar-refractivity contribution in [3.05, 3.63) is 60.7 Å². The molecule has 1 aliphatic heterocycles. The molecule has 1 atom stereocenters. The summed E-state index contributed by atoms with van der Waals surface area (Å²) in [6.07, 6.45) is 5.71. The Morgan fingerprint density at radius 3 is 2.88 bits per heavy atom. The first-order valence-electron chi connectivity index (χ1n) is 8.04. The van der Waals surface area contributed by atoms with Gasteiger partial charge >= 0.3 is 0 Å². The molecule has 1 amide bonds. The third kappa shape index (κ3) is 3.35. The monoisotopic (exact) mass is 336 g/mol. The van der Waals surface area contributed by atoms with E-state index in [-0.39, 0.29) is 12.0 Å². The van der Waals surface area contributed by atoms with Gasteiger partial charge in [0.25, 0.3) is 5.91 Å². The predicted molar refractivity (Wildman–Crippen MR) is 88.9 cm³/mol. The van der Waals surface area contributed by atoms with Crippen LogP contribution < -0.4 is 4.74 Å². The second kappa shape index (κ2) is 6.72. The Labute approximate surface area is 144 Å². The number of likely N-dealkylation sites (tertiary alicyclic amines) is 1. The maximum Gasteiger partial charge on any atom is 0.276 e. The Kier molecular flexibility index (Phi) is 4.12. The van der Waals surface area contributed by atoms with E-state index in [1.54, 1.807) is 41.7 Å². The van der Waals surface area contributed by atoms with Crippen molar-refractivity contribution >= 4 is 5.91 Å². The summed E-state index contributed by atoms with van der Waals surface area (Å²) in [5, 5.41) is 3.91. The molecule has 1 unspecified atom stereocenters. The van der Waals surface area contributed by atoms with Crippen molar-refractivity contribution in [3.8, 4) is 17.2 Å². The highest BCUT2D eigenvalue weighted by Crippen LogP contribution is 2.22. The fraction of sp³-hybridized carbons (Fsp3) is 0.222. The summed E-state index contributed by atoms with van der Waals surface area (Å²) < 4.78 is 11.1. The zero-order valence-corrected chi connectivity index (χ0v) is 13.4. The Bertz CT molecular complexity index is 851. The first-order valence-corrected chi connectivity index (χ1v) is 8.04. The molecular weight excluding hydrogens is 320 g/mol. The summed E-state index contributed by atoms with van der Waals surface area (Å²) in [6.45, 7) is 1.13. The van der Waals surface area contributed by atoms with E-state index >= 15 is 0 Å². The van der Waals surface area contributed by atoms with E-state index in [1.807, 2.05) is 18.2 Å². The van der Waals surface area contributed by atoms with Crippen LogP contribution in [0.3, 0.4) is 0 Å². The summed E-state index contributed by atoms with van der Waals surface area (Å²) in [7, 11) is 0. The number of ether oxygens (including phenoxy) is 1. The van der Waals surface area contributed by atoms with E-state index in [1.165, 1.54) is 0 Å². The van der Waals surface area contributed by atoms with Crippen LogP contribution in [0.5, 0.6) is 5.88 Å².